The third kappa shape index (κ3) is 11.3. The molecule has 2 N–H and O–H groups in total. The Bertz CT molecular complexity index is 5710. The van der Waals surface area contributed by atoms with Gasteiger partial charge in [0.15, 0.2) is 0 Å². The van der Waals surface area contributed by atoms with Crippen LogP contribution in [0.3, 0.4) is 0 Å². The summed E-state index contributed by atoms with van der Waals surface area (Å²) in [4.78, 5) is 50.6. The standard InChI is InChI=1S/2C37H31F3N6O4S/c2*1-19(45-17-22(39)18-45)36-43-28-13-12-27(42-34(28)31-15-23-26(40)6-5-7-29(23)46(31)36)24-14-25-32(16-30(24)44(3)51(4,48)49)50-35(33(25)37(47)41-2)20-8-10-21(38)11-9-20/h2*5-16,19,22H,17-18H2,1-4H3,(H,41,47). The predicted molar refractivity (Wildman–Crippen MR) is 380 cm³/mol. The maximum Gasteiger partial charge on any atom is 0.255 e. The van der Waals surface area contributed by atoms with Gasteiger partial charge in [0.1, 0.15) is 81.0 Å². The molecule has 6 aromatic carbocycles. The third-order valence-corrected chi connectivity index (χ3v) is 21.7. The lowest BCUT2D eigenvalue weighted by Crippen LogP contribution is -2.49. The minimum atomic E-state index is -3.81. The topological polar surface area (TPSA) is 226 Å². The van der Waals surface area contributed by atoms with E-state index in [1.165, 1.54) is 101 Å². The number of carbonyl (C=O) groups excluding carboxylic acids is 2. The number of carbonyl (C=O) groups is 2. The second-order valence-corrected chi connectivity index (χ2v) is 29.6. The summed E-state index contributed by atoms with van der Waals surface area (Å²) >= 11 is 0. The minimum Gasteiger partial charge on any atom is -0.455 e. The van der Waals surface area contributed by atoms with Crippen LogP contribution in [0.5, 0.6) is 0 Å². The largest absolute Gasteiger partial charge is 0.455 e. The lowest BCUT2D eigenvalue weighted by molar-refractivity contribution is 0.0299. The fourth-order valence-electron chi connectivity index (χ4n) is 13.6. The Morgan fingerprint density at radius 1 is 0.500 bits per heavy atom. The molecule has 0 saturated carbocycles. The number of nitrogens with one attached hydrogen (secondary N) is 2. The number of sulfonamides is 2. The van der Waals surface area contributed by atoms with Crippen LogP contribution in [0, 0.1) is 23.3 Å². The van der Waals surface area contributed by atoms with E-state index in [1.807, 2.05) is 32.4 Å². The lowest BCUT2D eigenvalue weighted by atomic mass is 10.0. The number of hydrogen-bond acceptors (Lipinski definition) is 14. The van der Waals surface area contributed by atoms with Gasteiger partial charge in [0.25, 0.3) is 11.8 Å². The van der Waals surface area contributed by atoms with E-state index in [4.69, 9.17) is 28.8 Å². The van der Waals surface area contributed by atoms with Crippen molar-refractivity contribution >= 4 is 120 Å². The molecule has 0 bridgehead atoms. The first-order valence-electron chi connectivity index (χ1n) is 32.3. The van der Waals surface area contributed by atoms with Crippen LogP contribution in [0.15, 0.2) is 154 Å². The molecule has 28 heteroatoms. The van der Waals surface area contributed by atoms with Crippen molar-refractivity contribution < 1.29 is 61.6 Å². The number of benzene rings is 6. The maximum atomic E-state index is 15.2. The molecule has 2 amide bonds. The number of anilines is 2. The van der Waals surface area contributed by atoms with Gasteiger partial charge in [-0.15, -0.1) is 0 Å². The normalized spacial score (nSPS) is 14.8. The highest BCUT2D eigenvalue weighted by atomic mass is 32.2. The number of pyridine rings is 2. The molecule has 0 radical (unpaired) electrons. The average molecular weight is 1430 g/mol. The van der Waals surface area contributed by atoms with Crippen LogP contribution in [-0.2, 0) is 20.0 Å². The summed E-state index contributed by atoms with van der Waals surface area (Å²) in [6.45, 7) is 4.93. The van der Waals surface area contributed by atoms with Gasteiger partial charge in [-0.05, 0) is 135 Å². The number of alkyl halides is 2. The van der Waals surface area contributed by atoms with Gasteiger partial charge < -0.3 is 19.5 Å². The maximum absolute atomic E-state index is 15.2. The Labute approximate surface area is 578 Å². The van der Waals surface area contributed by atoms with E-state index in [0.29, 0.717) is 111 Å². The monoisotopic (exact) mass is 1420 g/mol. The number of rotatable bonds is 14. The van der Waals surface area contributed by atoms with E-state index in [9.17, 15) is 44.0 Å². The third-order valence-electron chi connectivity index (χ3n) is 19.3. The zero-order valence-electron chi connectivity index (χ0n) is 55.8. The number of fused-ring (bicyclic) bond motifs is 12. The molecule has 8 aromatic heterocycles. The summed E-state index contributed by atoms with van der Waals surface area (Å²) in [5.74, 6) is -1.15. The molecule has 2 atom stereocenters. The molecule has 0 spiro atoms. The Hall–Kier alpha value is -10.9. The zero-order valence-corrected chi connectivity index (χ0v) is 57.4. The summed E-state index contributed by atoms with van der Waals surface area (Å²) in [7, 11) is -1.86. The molecule has 14 aromatic rings. The molecule has 10 heterocycles. The smallest absolute Gasteiger partial charge is 0.255 e. The molecule has 2 aliphatic heterocycles. The summed E-state index contributed by atoms with van der Waals surface area (Å²) in [5.41, 5.74) is 7.67. The van der Waals surface area contributed by atoms with Gasteiger partial charge in [0, 0.05) is 110 Å². The van der Waals surface area contributed by atoms with Gasteiger partial charge in [0.05, 0.1) is 91.6 Å². The molecule has 2 aliphatic rings. The van der Waals surface area contributed by atoms with Crippen molar-refractivity contribution in [3.05, 3.63) is 192 Å². The Balaban J connectivity index is 0.000000165. The van der Waals surface area contributed by atoms with E-state index in [-0.39, 0.29) is 83.5 Å². The second-order valence-electron chi connectivity index (χ2n) is 25.6. The van der Waals surface area contributed by atoms with Gasteiger partial charge in [-0.25, -0.2) is 63.1 Å². The molecular weight excluding hydrogens is 1360 g/mol. The molecule has 0 aliphatic carbocycles. The number of halogens is 6. The van der Waals surface area contributed by atoms with Gasteiger partial charge >= 0.3 is 0 Å². The highest BCUT2D eigenvalue weighted by Crippen LogP contribution is 2.45. The van der Waals surface area contributed by atoms with Crippen molar-refractivity contribution in [3.63, 3.8) is 0 Å². The molecular formula is C74H62F6N12O8S2. The number of hydrogen-bond donors (Lipinski definition) is 2. The SMILES string of the molecule is CNC(=O)c1c(-c2ccc(F)cc2)oc2cc(N(C)S(C)(=O)=O)c(-c3ccc4nc(C(C)N5CC(F)C5)n5c6cccc(F)c6cc5c4n3)cc12.CNC(=O)c1c(-c2ccc(F)cc2)oc2cc(N(C)S(C)(=O)=O)c(-c3ccc4nc(C(C)N5CC(F)C5)n5c6cccc(F)c6cc5c4n3)cc12. The minimum absolute atomic E-state index is 0.173. The highest BCUT2D eigenvalue weighted by molar-refractivity contribution is 7.92. The number of likely N-dealkylation sites (tertiary alicyclic amines) is 2. The number of furan rings is 2. The Morgan fingerprint density at radius 3 is 1.22 bits per heavy atom. The van der Waals surface area contributed by atoms with Crippen LogP contribution >= 0.6 is 0 Å². The highest BCUT2D eigenvalue weighted by Gasteiger charge is 2.36. The molecule has 2 fully saturated rings. The van der Waals surface area contributed by atoms with Crippen LogP contribution in [0.25, 0.3) is 122 Å². The van der Waals surface area contributed by atoms with Crippen LogP contribution in [0.4, 0.5) is 37.7 Å². The van der Waals surface area contributed by atoms with E-state index in [1.54, 1.807) is 72.8 Å². The Kier molecular flexibility index (Phi) is 16.4. The van der Waals surface area contributed by atoms with Crippen LogP contribution < -0.4 is 19.2 Å². The van der Waals surface area contributed by atoms with Gasteiger partial charge in [-0.1, -0.05) is 12.1 Å². The van der Waals surface area contributed by atoms with Crippen LogP contribution in [0.1, 0.15) is 58.3 Å². The van der Waals surface area contributed by atoms with Crippen molar-refractivity contribution in [2.75, 3.05) is 75.5 Å². The fraction of sp³-hybridized carbons (Fsp3) is 0.216. The lowest BCUT2D eigenvalue weighted by Gasteiger charge is -2.38. The number of amides is 2. The molecule has 102 heavy (non-hydrogen) atoms. The number of aromatic nitrogens is 6. The van der Waals surface area contributed by atoms with Crippen LogP contribution in [-0.4, -0.2) is 146 Å². The Morgan fingerprint density at radius 2 is 0.873 bits per heavy atom. The zero-order chi connectivity index (χ0) is 71.9. The summed E-state index contributed by atoms with van der Waals surface area (Å²) < 4.78 is 156. The molecule has 16 rings (SSSR count). The first-order valence-corrected chi connectivity index (χ1v) is 36.0. The van der Waals surface area contributed by atoms with E-state index in [0.717, 1.165) is 21.1 Å². The van der Waals surface area contributed by atoms with E-state index < -0.39 is 67.5 Å². The molecule has 2 saturated heterocycles. The van der Waals surface area contributed by atoms with E-state index in [2.05, 4.69) is 10.6 Å². The second kappa shape index (κ2) is 25.0. The summed E-state index contributed by atoms with van der Waals surface area (Å²) in [6, 6.07) is 36.6. The first kappa shape index (κ1) is 66.9. The van der Waals surface area contributed by atoms with Crippen molar-refractivity contribution in [2.45, 2.75) is 38.3 Å². The van der Waals surface area contributed by atoms with Gasteiger partial charge in [0.2, 0.25) is 20.0 Å². The molecule has 520 valence electrons. The molecule has 2 unspecified atom stereocenters. The first-order chi connectivity index (χ1) is 48.7. The molecule has 20 nitrogen and oxygen atoms in total. The van der Waals surface area contributed by atoms with Crippen molar-refractivity contribution in [3.8, 4) is 45.2 Å². The predicted octanol–water partition coefficient (Wildman–Crippen LogP) is 13.7. The summed E-state index contributed by atoms with van der Waals surface area (Å²) in [5, 5.41) is 6.74. The van der Waals surface area contributed by atoms with Gasteiger partial charge in [-0.2, -0.15) is 0 Å². The van der Waals surface area contributed by atoms with Crippen LogP contribution in [0.2, 0.25) is 0 Å². The van der Waals surface area contributed by atoms with Crippen molar-refractivity contribution in [2.24, 2.45) is 0 Å². The van der Waals surface area contributed by atoms with Gasteiger partial charge in [-0.3, -0.25) is 36.8 Å². The quantitative estimate of drug-likeness (QED) is 0.0966. The number of nitrogens with zero attached hydrogens (tertiary/aromatic N) is 10. The van der Waals surface area contributed by atoms with Crippen molar-refractivity contribution in [1.29, 1.82) is 0 Å². The van der Waals surface area contributed by atoms with Crippen molar-refractivity contribution in [1.82, 2.24) is 49.2 Å². The summed E-state index contributed by atoms with van der Waals surface area (Å²) in [6.07, 6.45) is 0.288. The van der Waals surface area contributed by atoms with E-state index >= 15 is 8.78 Å². The fourth-order valence-corrected chi connectivity index (χ4v) is 14.6. The average Bonchev–Trinajstić information content (AvgIpc) is 1.52.